The molecule has 3 atom stereocenters. The second-order valence-electron chi connectivity index (χ2n) is 7.82. The number of carbonyl (C=O) groups excluding carboxylic acids is 1. The van der Waals surface area contributed by atoms with Gasteiger partial charge in [-0.3, -0.25) is 9.69 Å². The molecule has 1 aromatic rings. The van der Waals surface area contributed by atoms with Crippen molar-refractivity contribution in [2.45, 2.75) is 37.8 Å². The van der Waals surface area contributed by atoms with E-state index >= 15 is 0 Å². The van der Waals surface area contributed by atoms with E-state index in [1.54, 1.807) is 0 Å². The number of carbonyl (C=O) groups is 1. The molecule has 0 bridgehead atoms. The molecule has 1 N–H and O–H groups in total. The van der Waals surface area contributed by atoms with E-state index in [4.69, 9.17) is 4.74 Å². The van der Waals surface area contributed by atoms with Gasteiger partial charge in [0.25, 0.3) is 0 Å². The molecule has 0 aromatic heterocycles. The second kappa shape index (κ2) is 8.96. The second-order valence-corrected chi connectivity index (χ2v) is 7.82. The van der Waals surface area contributed by atoms with E-state index < -0.39 is 0 Å². The highest BCUT2D eigenvalue weighted by molar-refractivity contribution is 5.78. The third-order valence-corrected chi connectivity index (χ3v) is 5.88. The number of hydrogen-bond acceptors (Lipinski definition) is 4. The lowest BCUT2D eigenvalue weighted by atomic mass is 9.71. The van der Waals surface area contributed by atoms with Gasteiger partial charge in [-0.05, 0) is 31.7 Å². The molecule has 1 fully saturated rings. The molecule has 0 radical (unpaired) electrons. The molecule has 1 saturated heterocycles. The number of ketones is 1. The van der Waals surface area contributed by atoms with Crippen LogP contribution in [-0.4, -0.2) is 56.1 Å². The number of Topliss-reactive ketones (excluding diaryl/α,β-unsaturated/α-hetero) is 1. The molecule has 4 heteroatoms. The summed E-state index contributed by atoms with van der Waals surface area (Å²) in [5, 5.41) is 3.42. The summed E-state index contributed by atoms with van der Waals surface area (Å²) in [4.78, 5) is 14.6. The molecule has 3 rings (SSSR count). The maximum Gasteiger partial charge on any atom is 0.133 e. The summed E-state index contributed by atoms with van der Waals surface area (Å²) in [6.45, 7) is 4.43. The Morgan fingerprint density at radius 1 is 1.30 bits per heavy atom. The molecular weight excluding hydrogens is 336 g/mol. The van der Waals surface area contributed by atoms with Gasteiger partial charge in [-0.1, -0.05) is 55.5 Å². The standard InChI is InChI=1S/C23H32N2O2/c1-4-21(26)14-20-11-10-19(22-17-24-12-13-27-22)16-23(20,25(2)3)15-18-8-6-5-7-9-18/h5-11,16,20,22,24H,4,12-15,17H2,1-3H3. The van der Waals surface area contributed by atoms with E-state index in [1.807, 2.05) is 13.0 Å². The first-order valence-electron chi connectivity index (χ1n) is 10.0. The summed E-state index contributed by atoms with van der Waals surface area (Å²) in [7, 11) is 4.25. The van der Waals surface area contributed by atoms with Gasteiger partial charge in [0.15, 0.2) is 0 Å². The lowest BCUT2D eigenvalue weighted by molar-refractivity contribution is -0.120. The number of morpholine rings is 1. The van der Waals surface area contributed by atoms with Gasteiger partial charge in [-0.25, -0.2) is 0 Å². The molecule has 0 saturated carbocycles. The minimum absolute atomic E-state index is 0.0768. The highest BCUT2D eigenvalue weighted by Gasteiger charge is 2.41. The van der Waals surface area contributed by atoms with Crippen LogP contribution in [0.5, 0.6) is 0 Å². The van der Waals surface area contributed by atoms with E-state index in [-0.39, 0.29) is 17.6 Å². The molecule has 1 aliphatic carbocycles. The molecule has 1 heterocycles. The van der Waals surface area contributed by atoms with Crippen molar-refractivity contribution in [2.75, 3.05) is 33.8 Å². The topological polar surface area (TPSA) is 41.6 Å². The quantitative estimate of drug-likeness (QED) is 0.803. The SMILES string of the molecule is CCC(=O)CC1C=CC(C2CNCCO2)=CC1(Cc1ccccc1)N(C)C. The number of likely N-dealkylation sites (N-methyl/N-ethyl adjacent to an activating group) is 1. The van der Waals surface area contributed by atoms with Gasteiger partial charge in [-0.2, -0.15) is 0 Å². The average molecular weight is 369 g/mol. The van der Waals surface area contributed by atoms with E-state index in [9.17, 15) is 4.79 Å². The van der Waals surface area contributed by atoms with Gasteiger partial charge in [0.1, 0.15) is 5.78 Å². The number of benzene rings is 1. The highest BCUT2D eigenvalue weighted by Crippen LogP contribution is 2.38. The summed E-state index contributed by atoms with van der Waals surface area (Å²) >= 11 is 0. The zero-order valence-corrected chi connectivity index (χ0v) is 16.8. The number of nitrogens with one attached hydrogen (secondary N) is 1. The third kappa shape index (κ3) is 4.57. The Labute approximate surface area is 163 Å². The summed E-state index contributed by atoms with van der Waals surface area (Å²) < 4.78 is 6.01. The minimum Gasteiger partial charge on any atom is -0.371 e. The number of hydrogen-bond donors (Lipinski definition) is 1. The van der Waals surface area contributed by atoms with Crippen LogP contribution in [0.2, 0.25) is 0 Å². The smallest absolute Gasteiger partial charge is 0.133 e. The van der Waals surface area contributed by atoms with Crippen LogP contribution in [0.1, 0.15) is 25.3 Å². The third-order valence-electron chi connectivity index (χ3n) is 5.88. The summed E-state index contributed by atoms with van der Waals surface area (Å²) in [6, 6.07) is 10.6. The monoisotopic (exact) mass is 368 g/mol. The van der Waals surface area contributed by atoms with Gasteiger partial charge in [0.05, 0.1) is 12.7 Å². The van der Waals surface area contributed by atoms with Gasteiger partial charge in [-0.15, -0.1) is 0 Å². The van der Waals surface area contributed by atoms with Crippen molar-refractivity contribution in [2.24, 2.45) is 5.92 Å². The van der Waals surface area contributed by atoms with Crippen molar-refractivity contribution in [1.82, 2.24) is 10.2 Å². The molecule has 27 heavy (non-hydrogen) atoms. The maximum absolute atomic E-state index is 12.3. The van der Waals surface area contributed by atoms with Crippen molar-refractivity contribution in [3.63, 3.8) is 0 Å². The Morgan fingerprint density at radius 2 is 2.07 bits per heavy atom. The van der Waals surface area contributed by atoms with Crippen molar-refractivity contribution in [1.29, 1.82) is 0 Å². The van der Waals surface area contributed by atoms with Crippen LogP contribution >= 0.6 is 0 Å². The van der Waals surface area contributed by atoms with E-state index in [0.717, 1.165) is 26.1 Å². The lowest BCUT2D eigenvalue weighted by Crippen LogP contribution is -2.53. The van der Waals surface area contributed by atoms with Crippen LogP contribution in [-0.2, 0) is 16.0 Å². The maximum atomic E-state index is 12.3. The lowest BCUT2D eigenvalue weighted by Gasteiger charge is -2.46. The normalized spacial score (nSPS) is 28.2. The molecule has 1 aliphatic heterocycles. The van der Waals surface area contributed by atoms with Gasteiger partial charge in [0.2, 0.25) is 0 Å². The van der Waals surface area contributed by atoms with E-state index in [0.29, 0.717) is 18.6 Å². The fourth-order valence-corrected chi connectivity index (χ4v) is 4.18. The molecule has 1 aromatic carbocycles. The van der Waals surface area contributed by atoms with Crippen molar-refractivity contribution >= 4 is 5.78 Å². The first-order valence-corrected chi connectivity index (χ1v) is 10.0. The first kappa shape index (κ1) is 20.0. The first-order chi connectivity index (χ1) is 13.0. The largest absolute Gasteiger partial charge is 0.371 e. The zero-order chi connectivity index (χ0) is 19.3. The zero-order valence-electron chi connectivity index (χ0n) is 16.8. The van der Waals surface area contributed by atoms with E-state index in [2.05, 4.69) is 66.8 Å². The molecule has 2 aliphatic rings. The predicted molar refractivity (Wildman–Crippen MR) is 110 cm³/mol. The minimum atomic E-state index is -0.239. The number of rotatable bonds is 7. The Bertz CT molecular complexity index is 690. The molecule has 4 nitrogen and oxygen atoms in total. The predicted octanol–water partition coefficient (Wildman–Crippen LogP) is 3.00. The van der Waals surface area contributed by atoms with Gasteiger partial charge < -0.3 is 10.1 Å². The van der Waals surface area contributed by atoms with Crippen molar-refractivity contribution in [3.05, 3.63) is 59.7 Å². The Balaban J connectivity index is 1.98. The Kier molecular flexibility index (Phi) is 6.64. The number of nitrogens with zero attached hydrogens (tertiary/aromatic N) is 1. The molecule has 3 unspecified atom stereocenters. The summed E-state index contributed by atoms with van der Waals surface area (Å²) in [5.41, 5.74) is 2.26. The van der Waals surface area contributed by atoms with Crippen LogP contribution in [0.15, 0.2) is 54.1 Å². The molecule has 0 amide bonds. The van der Waals surface area contributed by atoms with Crippen LogP contribution in [0.3, 0.4) is 0 Å². The van der Waals surface area contributed by atoms with Crippen molar-refractivity contribution in [3.8, 4) is 0 Å². The van der Waals surface area contributed by atoms with Crippen LogP contribution < -0.4 is 5.32 Å². The van der Waals surface area contributed by atoms with Crippen LogP contribution in [0, 0.1) is 5.92 Å². The molecule has 146 valence electrons. The Morgan fingerprint density at radius 3 is 2.70 bits per heavy atom. The summed E-state index contributed by atoms with van der Waals surface area (Å²) in [5.74, 6) is 0.469. The van der Waals surface area contributed by atoms with E-state index in [1.165, 1.54) is 11.1 Å². The van der Waals surface area contributed by atoms with Gasteiger partial charge in [0, 0.05) is 37.4 Å². The fourth-order valence-electron chi connectivity index (χ4n) is 4.18. The highest BCUT2D eigenvalue weighted by atomic mass is 16.5. The van der Waals surface area contributed by atoms with Crippen LogP contribution in [0.4, 0.5) is 0 Å². The molecule has 0 spiro atoms. The van der Waals surface area contributed by atoms with Gasteiger partial charge >= 0.3 is 0 Å². The van der Waals surface area contributed by atoms with Crippen molar-refractivity contribution < 1.29 is 9.53 Å². The number of ether oxygens (including phenoxy) is 1. The summed E-state index contributed by atoms with van der Waals surface area (Å²) in [6.07, 6.45) is 8.90. The molecular formula is C23H32N2O2. The fraction of sp³-hybridized carbons (Fsp3) is 0.522. The Hall–Kier alpha value is -1.75. The average Bonchev–Trinajstić information content (AvgIpc) is 2.70. The van der Waals surface area contributed by atoms with Crippen LogP contribution in [0.25, 0.3) is 0 Å².